The van der Waals surface area contributed by atoms with Crippen molar-refractivity contribution in [3.05, 3.63) is 0 Å². The maximum absolute atomic E-state index is 12.4. The zero-order valence-electron chi connectivity index (χ0n) is 7.93. The molecule has 1 N–H and O–H groups in total. The summed E-state index contributed by atoms with van der Waals surface area (Å²) < 4.78 is 41.6. The van der Waals surface area contributed by atoms with Gasteiger partial charge in [-0.3, -0.25) is 9.59 Å². The lowest BCUT2D eigenvalue weighted by atomic mass is 9.95. The van der Waals surface area contributed by atoms with Gasteiger partial charge < -0.3 is 10.1 Å². The summed E-state index contributed by atoms with van der Waals surface area (Å²) in [5.74, 6) is -5.78. The Labute approximate surface area is 83.8 Å². The molecule has 1 rings (SSSR count). The lowest BCUT2D eigenvalue weighted by Gasteiger charge is -2.18. The molecule has 15 heavy (non-hydrogen) atoms. The third kappa shape index (κ3) is 2.40. The molecule has 1 fully saturated rings. The Balaban J connectivity index is 2.82. The molecule has 4 nitrogen and oxygen atoms in total. The molecule has 1 amide bonds. The minimum atomic E-state index is -4.57. The van der Waals surface area contributed by atoms with Crippen LogP contribution in [0.15, 0.2) is 0 Å². The normalized spacial score (nSPS) is 26.3. The predicted octanol–water partition coefficient (Wildman–Crippen LogP) is 0.474. The van der Waals surface area contributed by atoms with Gasteiger partial charge in [0.05, 0.1) is 12.5 Å². The lowest BCUT2D eigenvalue weighted by Crippen LogP contribution is -2.36. The van der Waals surface area contributed by atoms with E-state index in [1.54, 1.807) is 0 Å². The Morgan fingerprint density at radius 2 is 2.20 bits per heavy atom. The number of nitrogens with one attached hydrogen (secondary N) is 1. The molecule has 0 saturated carbocycles. The molecule has 2 atom stereocenters. The third-order valence-electron chi connectivity index (χ3n) is 2.14. The highest BCUT2D eigenvalue weighted by Gasteiger charge is 2.54. The molecule has 0 aliphatic carbocycles. The summed E-state index contributed by atoms with van der Waals surface area (Å²) in [6.07, 6.45) is -4.57. The molecular formula is C8H10F3NO3. The van der Waals surface area contributed by atoms with E-state index in [-0.39, 0.29) is 6.61 Å². The van der Waals surface area contributed by atoms with Crippen LogP contribution in [0.1, 0.15) is 6.92 Å². The number of amides is 1. The number of hydrogen-bond acceptors (Lipinski definition) is 3. The molecule has 0 bridgehead atoms. The SMILES string of the molecule is CCOC(=O)C1C(=O)NCC1C(F)(F)F. The van der Waals surface area contributed by atoms with Gasteiger partial charge in [-0.2, -0.15) is 13.2 Å². The van der Waals surface area contributed by atoms with E-state index in [1.807, 2.05) is 5.32 Å². The summed E-state index contributed by atoms with van der Waals surface area (Å²) in [4.78, 5) is 22.2. The van der Waals surface area contributed by atoms with Crippen LogP contribution in [0.3, 0.4) is 0 Å². The molecule has 1 aliphatic heterocycles. The summed E-state index contributed by atoms with van der Waals surface area (Å²) in [6.45, 7) is 0.854. The maximum Gasteiger partial charge on any atom is 0.394 e. The molecule has 1 heterocycles. The Hall–Kier alpha value is -1.27. The smallest absolute Gasteiger partial charge is 0.394 e. The van der Waals surface area contributed by atoms with Crippen molar-refractivity contribution in [2.24, 2.45) is 11.8 Å². The summed E-state index contributed by atoms with van der Waals surface area (Å²) >= 11 is 0. The maximum atomic E-state index is 12.4. The summed E-state index contributed by atoms with van der Waals surface area (Å²) in [6, 6.07) is 0. The van der Waals surface area contributed by atoms with Crippen LogP contribution < -0.4 is 5.32 Å². The van der Waals surface area contributed by atoms with Gasteiger partial charge in [0.2, 0.25) is 5.91 Å². The van der Waals surface area contributed by atoms with Crippen molar-refractivity contribution in [1.29, 1.82) is 0 Å². The number of hydrogen-bond donors (Lipinski definition) is 1. The van der Waals surface area contributed by atoms with Crippen LogP contribution in [0.4, 0.5) is 13.2 Å². The van der Waals surface area contributed by atoms with Crippen LogP contribution in [-0.2, 0) is 14.3 Å². The van der Waals surface area contributed by atoms with Crippen molar-refractivity contribution in [3.63, 3.8) is 0 Å². The lowest BCUT2D eigenvalue weighted by molar-refractivity contribution is -0.190. The summed E-state index contributed by atoms with van der Waals surface area (Å²) in [5.41, 5.74) is 0. The average Bonchev–Trinajstić information content (AvgIpc) is 2.46. The largest absolute Gasteiger partial charge is 0.465 e. The van der Waals surface area contributed by atoms with Gasteiger partial charge in [-0.15, -0.1) is 0 Å². The van der Waals surface area contributed by atoms with Crippen molar-refractivity contribution >= 4 is 11.9 Å². The van der Waals surface area contributed by atoms with E-state index in [1.165, 1.54) is 6.92 Å². The highest BCUT2D eigenvalue weighted by atomic mass is 19.4. The number of carbonyl (C=O) groups is 2. The van der Waals surface area contributed by atoms with Crippen molar-refractivity contribution in [2.45, 2.75) is 13.1 Å². The highest BCUT2D eigenvalue weighted by molar-refractivity contribution is 5.99. The van der Waals surface area contributed by atoms with Gasteiger partial charge in [0.1, 0.15) is 5.92 Å². The summed E-state index contributed by atoms with van der Waals surface area (Å²) in [5, 5.41) is 2.01. The minimum Gasteiger partial charge on any atom is -0.465 e. The molecule has 0 aromatic carbocycles. The molecule has 1 saturated heterocycles. The van der Waals surface area contributed by atoms with Crippen LogP contribution in [0.2, 0.25) is 0 Å². The third-order valence-corrected chi connectivity index (χ3v) is 2.14. The van der Waals surface area contributed by atoms with E-state index < -0.39 is 36.4 Å². The first kappa shape index (κ1) is 11.8. The fraction of sp³-hybridized carbons (Fsp3) is 0.750. The van der Waals surface area contributed by atoms with Crippen molar-refractivity contribution in [1.82, 2.24) is 5.32 Å². The Bertz CT molecular complexity index is 277. The van der Waals surface area contributed by atoms with Gasteiger partial charge in [-0.1, -0.05) is 0 Å². The molecular weight excluding hydrogens is 215 g/mol. The van der Waals surface area contributed by atoms with Gasteiger partial charge in [-0.05, 0) is 6.92 Å². The number of alkyl halides is 3. The van der Waals surface area contributed by atoms with E-state index in [0.717, 1.165) is 0 Å². The second kappa shape index (κ2) is 4.08. The van der Waals surface area contributed by atoms with Gasteiger partial charge in [0, 0.05) is 6.54 Å². The van der Waals surface area contributed by atoms with Crippen LogP contribution >= 0.6 is 0 Å². The molecule has 2 unspecified atom stereocenters. The van der Waals surface area contributed by atoms with E-state index >= 15 is 0 Å². The molecule has 86 valence electrons. The fourth-order valence-corrected chi connectivity index (χ4v) is 1.43. The molecule has 0 aromatic heterocycles. The predicted molar refractivity (Wildman–Crippen MR) is 42.7 cm³/mol. The zero-order chi connectivity index (χ0) is 11.6. The van der Waals surface area contributed by atoms with Crippen LogP contribution in [-0.4, -0.2) is 31.2 Å². The minimum absolute atomic E-state index is 0.0484. The molecule has 0 radical (unpaired) electrons. The van der Waals surface area contributed by atoms with Gasteiger partial charge in [0.25, 0.3) is 0 Å². The summed E-state index contributed by atoms with van der Waals surface area (Å²) in [7, 11) is 0. The van der Waals surface area contributed by atoms with Crippen molar-refractivity contribution in [3.8, 4) is 0 Å². The van der Waals surface area contributed by atoms with Gasteiger partial charge in [-0.25, -0.2) is 0 Å². The zero-order valence-corrected chi connectivity index (χ0v) is 7.93. The monoisotopic (exact) mass is 225 g/mol. The van der Waals surface area contributed by atoms with E-state index in [0.29, 0.717) is 0 Å². The number of carbonyl (C=O) groups excluding carboxylic acids is 2. The van der Waals surface area contributed by atoms with Crippen LogP contribution in [0.5, 0.6) is 0 Å². The quantitative estimate of drug-likeness (QED) is 0.549. The first-order chi connectivity index (χ1) is 6.88. The Morgan fingerprint density at radius 3 is 2.67 bits per heavy atom. The van der Waals surface area contributed by atoms with E-state index in [4.69, 9.17) is 0 Å². The van der Waals surface area contributed by atoms with E-state index in [9.17, 15) is 22.8 Å². The Kier molecular flexibility index (Phi) is 3.21. The van der Waals surface area contributed by atoms with Gasteiger partial charge >= 0.3 is 12.1 Å². The molecule has 1 aliphatic rings. The molecule has 7 heteroatoms. The number of halogens is 3. The Morgan fingerprint density at radius 1 is 1.60 bits per heavy atom. The standard InChI is InChI=1S/C8H10F3NO3/c1-2-15-7(14)5-4(8(9,10)11)3-12-6(5)13/h4-5H,2-3H2,1H3,(H,12,13). The van der Waals surface area contributed by atoms with Crippen molar-refractivity contribution in [2.75, 3.05) is 13.2 Å². The van der Waals surface area contributed by atoms with Gasteiger partial charge in [0.15, 0.2) is 0 Å². The molecule has 0 aromatic rings. The highest BCUT2D eigenvalue weighted by Crippen LogP contribution is 2.35. The number of ether oxygens (including phenoxy) is 1. The topological polar surface area (TPSA) is 55.4 Å². The number of rotatable bonds is 2. The second-order valence-corrected chi connectivity index (χ2v) is 3.12. The fourth-order valence-electron chi connectivity index (χ4n) is 1.43. The van der Waals surface area contributed by atoms with E-state index in [2.05, 4.69) is 4.74 Å². The first-order valence-corrected chi connectivity index (χ1v) is 4.39. The second-order valence-electron chi connectivity index (χ2n) is 3.12. The molecule has 0 spiro atoms. The van der Waals surface area contributed by atoms with Crippen molar-refractivity contribution < 1.29 is 27.5 Å². The van der Waals surface area contributed by atoms with Crippen LogP contribution in [0.25, 0.3) is 0 Å². The number of esters is 1. The average molecular weight is 225 g/mol. The first-order valence-electron chi connectivity index (χ1n) is 4.39. The van der Waals surface area contributed by atoms with Crippen LogP contribution in [0, 0.1) is 11.8 Å².